The molecule has 21 heavy (non-hydrogen) atoms. The van der Waals surface area contributed by atoms with Crippen LogP contribution in [0.25, 0.3) is 0 Å². The first-order valence-electron chi connectivity index (χ1n) is 7.00. The molecule has 0 saturated carbocycles. The first-order chi connectivity index (χ1) is 9.79. The van der Waals surface area contributed by atoms with Crippen molar-refractivity contribution in [2.24, 2.45) is 0 Å². The van der Waals surface area contributed by atoms with Gasteiger partial charge in [0.2, 0.25) is 11.8 Å². The van der Waals surface area contributed by atoms with Crippen LogP contribution in [0.5, 0.6) is 0 Å². The number of nitrogens with zero attached hydrogens (tertiary/aromatic N) is 1. The van der Waals surface area contributed by atoms with Crippen LogP contribution in [0.4, 0.5) is 4.79 Å². The maximum absolute atomic E-state index is 11.9. The summed E-state index contributed by atoms with van der Waals surface area (Å²) in [5.74, 6) is -0.575. The van der Waals surface area contributed by atoms with E-state index in [0.717, 1.165) is 4.90 Å². The molecule has 2 saturated heterocycles. The predicted octanol–water partition coefficient (Wildman–Crippen LogP) is -0.898. The van der Waals surface area contributed by atoms with Crippen molar-refractivity contribution in [2.75, 3.05) is 13.1 Å². The SMILES string of the molecule is CC1(C)NC(=O)N(CCC(=O)NC2CCC(=O)NC2)C1=O. The minimum absolute atomic E-state index is 0.0120. The molecule has 0 radical (unpaired) electrons. The molecule has 2 rings (SSSR count). The van der Waals surface area contributed by atoms with Crippen LogP contribution in [0.2, 0.25) is 0 Å². The topological polar surface area (TPSA) is 108 Å². The molecular formula is C13H20N4O4. The highest BCUT2D eigenvalue weighted by Gasteiger charge is 2.44. The van der Waals surface area contributed by atoms with E-state index in [1.54, 1.807) is 13.8 Å². The molecule has 0 aliphatic carbocycles. The van der Waals surface area contributed by atoms with Crippen LogP contribution < -0.4 is 16.0 Å². The fourth-order valence-electron chi connectivity index (χ4n) is 2.39. The first-order valence-corrected chi connectivity index (χ1v) is 7.00. The molecule has 116 valence electrons. The quantitative estimate of drug-likeness (QED) is 0.584. The number of rotatable bonds is 4. The van der Waals surface area contributed by atoms with E-state index in [1.165, 1.54) is 0 Å². The van der Waals surface area contributed by atoms with Crippen LogP contribution in [0.15, 0.2) is 0 Å². The van der Waals surface area contributed by atoms with Crippen LogP contribution >= 0.6 is 0 Å². The summed E-state index contributed by atoms with van der Waals surface area (Å²) in [7, 11) is 0. The third-order valence-electron chi connectivity index (χ3n) is 3.64. The van der Waals surface area contributed by atoms with Gasteiger partial charge in [-0.15, -0.1) is 0 Å². The second-order valence-electron chi connectivity index (χ2n) is 5.87. The van der Waals surface area contributed by atoms with Gasteiger partial charge in [-0.05, 0) is 20.3 Å². The number of piperidine rings is 1. The van der Waals surface area contributed by atoms with Crippen molar-refractivity contribution in [3.8, 4) is 0 Å². The average molecular weight is 296 g/mol. The highest BCUT2D eigenvalue weighted by Crippen LogP contribution is 2.16. The molecule has 2 heterocycles. The van der Waals surface area contributed by atoms with E-state index in [0.29, 0.717) is 19.4 Å². The second-order valence-corrected chi connectivity index (χ2v) is 5.87. The minimum Gasteiger partial charge on any atom is -0.354 e. The van der Waals surface area contributed by atoms with Gasteiger partial charge < -0.3 is 16.0 Å². The molecule has 5 amide bonds. The number of urea groups is 1. The Labute approximate surface area is 122 Å². The van der Waals surface area contributed by atoms with E-state index in [4.69, 9.17) is 0 Å². The summed E-state index contributed by atoms with van der Waals surface area (Å²) in [6.07, 6.45) is 1.06. The Morgan fingerprint density at radius 1 is 1.38 bits per heavy atom. The standard InChI is InChI=1S/C13H20N4O4/c1-13(2)11(20)17(12(21)16-13)6-5-10(19)15-8-3-4-9(18)14-7-8/h8H,3-7H2,1-2H3,(H,14,18)(H,15,19)(H,16,21). The molecule has 3 N–H and O–H groups in total. The number of imide groups is 1. The van der Waals surface area contributed by atoms with Crippen molar-refractivity contribution in [3.05, 3.63) is 0 Å². The van der Waals surface area contributed by atoms with Crippen molar-refractivity contribution in [1.82, 2.24) is 20.9 Å². The lowest BCUT2D eigenvalue weighted by molar-refractivity contribution is -0.131. The molecule has 2 fully saturated rings. The van der Waals surface area contributed by atoms with Crippen LogP contribution in [0, 0.1) is 0 Å². The largest absolute Gasteiger partial charge is 0.354 e. The highest BCUT2D eigenvalue weighted by molar-refractivity contribution is 6.06. The van der Waals surface area contributed by atoms with Crippen molar-refractivity contribution < 1.29 is 19.2 Å². The maximum Gasteiger partial charge on any atom is 0.325 e. The molecule has 8 heteroatoms. The molecule has 2 aliphatic heterocycles. The minimum atomic E-state index is -0.915. The highest BCUT2D eigenvalue weighted by atomic mass is 16.2. The molecular weight excluding hydrogens is 276 g/mol. The monoisotopic (exact) mass is 296 g/mol. The summed E-state index contributed by atoms with van der Waals surface area (Å²) in [5, 5.41) is 8.03. The lowest BCUT2D eigenvalue weighted by atomic mass is 10.1. The van der Waals surface area contributed by atoms with Gasteiger partial charge in [-0.25, -0.2) is 4.79 Å². The zero-order chi connectivity index (χ0) is 15.6. The van der Waals surface area contributed by atoms with Crippen LogP contribution in [0.1, 0.15) is 33.1 Å². The lowest BCUT2D eigenvalue weighted by Gasteiger charge is -2.23. The van der Waals surface area contributed by atoms with Crippen molar-refractivity contribution >= 4 is 23.8 Å². The normalized spacial score (nSPS) is 24.6. The van der Waals surface area contributed by atoms with Gasteiger partial charge in [0.1, 0.15) is 5.54 Å². The number of carbonyl (C=O) groups is 4. The van der Waals surface area contributed by atoms with E-state index < -0.39 is 11.6 Å². The van der Waals surface area contributed by atoms with Gasteiger partial charge in [-0.1, -0.05) is 0 Å². The van der Waals surface area contributed by atoms with Crippen LogP contribution in [-0.2, 0) is 14.4 Å². The summed E-state index contributed by atoms with van der Waals surface area (Å²) >= 11 is 0. The average Bonchev–Trinajstić information content (AvgIpc) is 2.59. The number of hydrogen-bond acceptors (Lipinski definition) is 4. The molecule has 0 spiro atoms. The molecule has 1 unspecified atom stereocenters. The second kappa shape index (κ2) is 5.71. The maximum atomic E-state index is 11.9. The molecule has 2 aliphatic rings. The number of carbonyl (C=O) groups excluding carboxylic acids is 4. The summed E-state index contributed by atoms with van der Waals surface area (Å²) in [5.41, 5.74) is -0.915. The van der Waals surface area contributed by atoms with Gasteiger partial charge in [-0.2, -0.15) is 0 Å². The van der Waals surface area contributed by atoms with Crippen LogP contribution in [-0.4, -0.2) is 53.3 Å². The molecule has 0 aromatic carbocycles. The number of amides is 5. The van der Waals surface area contributed by atoms with Crippen molar-refractivity contribution in [1.29, 1.82) is 0 Å². The summed E-state index contributed by atoms with van der Waals surface area (Å²) in [4.78, 5) is 47.5. The molecule has 0 aromatic heterocycles. The zero-order valence-electron chi connectivity index (χ0n) is 12.2. The fourth-order valence-corrected chi connectivity index (χ4v) is 2.39. The van der Waals surface area contributed by atoms with Crippen molar-refractivity contribution in [2.45, 2.75) is 44.7 Å². The van der Waals surface area contributed by atoms with Gasteiger partial charge in [0.15, 0.2) is 0 Å². The van der Waals surface area contributed by atoms with Crippen LogP contribution in [0.3, 0.4) is 0 Å². The Morgan fingerprint density at radius 3 is 2.62 bits per heavy atom. The van der Waals surface area contributed by atoms with Gasteiger partial charge >= 0.3 is 6.03 Å². The van der Waals surface area contributed by atoms with E-state index in [-0.39, 0.29) is 36.7 Å². The van der Waals surface area contributed by atoms with Crippen molar-refractivity contribution in [3.63, 3.8) is 0 Å². The number of hydrogen-bond donors (Lipinski definition) is 3. The van der Waals surface area contributed by atoms with Gasteiger partial charge in [0.05, 0.1) is 0 Å². The Morgan fingerprint density at radius 2 is 2.10 bits per heavy atom. The molecule has 0 aromatic rings. The Bertz CT molecular complexity index is 479. The van der Waals surface area contributed by atoms with E-state index in [2.05, 4.69) is 16.0 Å². The fraction of sp³-hybridized carbons (Fsp3) is 0.692. The predicted molar refractivity (Wildman–Crippen MR) is 73.1 cm³/mol. The molecule has 8 nitrogen and oxygen atoms in total. The third kappa shape index (κ3) is 3.50. The first kappa shape index (κ1) is 15.3. The summed E-state index contributed by atoms with van der Waals surface area (Å²) in [6.45, 7) is 3.72. The third-order valence-corrected chi connectivity index (χ3v) is 3.64. The summed E-state index contributed by atoms with van der Waals surface area (Å²) in [6, 6.07) is -0.558. The van der Waals surface area contributed by atoms with Gasteiger partial charge in [0, 0.05) is 32.0 Å². The van der Waals surface area contributed by atoms with Gasteiger partial charge in [-0.3, -0.25) is 19.3 Å². The van der Waals surface area contributed by atoms with E-state index >= 15 is 0 Å². The zero-order valence-corrected chi connectivity index (χ0v) is 12.2. The Balaban J connectivity index is 1.78. The smallest absolute Gasteiger partial charge is 0.325 e. The Kier molecular flexibility index (Phi) is 4.15. The summed E-state index contributed by atoms with van der Waals surface area (Å²) < 4.78 is 0. The molecule has 0 bridgehead atoms. The Hall–Kier alpha value is -2.12. The van der Waals surface area contributed by atoms with E-state index in [1.807, 2.05) is 0 Å². The molecule has 1 atom stereocenters. The van der Waals surface area contributed by atoms with Gasteiger partial charge in [0.25, 0.3) is 5.91 Å². The van der Waals surface area contributed by atoms with E-state index in [9.17, 15) is 19.2 Å². The number of nitrogens with one attached hydrogen (secondary N) is 3. The lowest BCUT2D eigenvalue weighted by Crippen LogP contribution is -2.48.